The van der Waals surface area contributed by atoms with E-state index in [1.807, 2.05) is 0 Å². The largest absolute Gasteiger partial charge is 0.634 e. The molecule has 4 heterocycles. The number of fused-ring (bicyclic) bond motifs is 1. The number of aldehydes is 1. The van der Waals surface area contributed by atoms with Crippen LogP contribution < -0.4 is 5.46 Å². The highest BCUT2D eigenvalue weighted by Crippen LogP contribution is 2.27. The molecule has 0 N–H and O–H groups in total. The molecule has 0 spiro atoms. The molecule has 0 radical (unpaired) electrons. The summed E-state index contributed by atoms with van der Waals surface area (Å²) < 4.78 is 18.5. The van der Waals surface area contributed by atoms with Gasteiger partial charge in [-0.25, -0.2) is 9.67 Å². The minimum atomic E-state index is -0.657. The number of rotatable bonds is 3. The zero-order chi connectivity index (χ0) is 16.7. The Morgan fingerprint density at radius 1 is 1.29 bits per heavy atom. The summed E-state index contributed by atoms with van der Waals surface area (Å²) in [5, 5.41) is 5.02. The van der Waals surface area contributed by atoms with E-state index in [4.69, 9.17) is 14.0 Å². The summed E-state index contributed by atoms with van der Waals surface area (Å²) in [4.78, 5) is 15.9. The number of nitrogens with zero attached hydrogens (tertiary/aromatic N) is 3. The normalized spacial score (nSPS) is 21.0. The van der Waals surface area contributed by atoms with Crippen LogP contribution in [0.5, 0.6) is 0 Å². The van der Waals surface area contributed by atoms with Crippen molar-refractivity contribution < 1.29 is 18.8 Å². The Balaban J connectivity index is 1.75. The fourth-order valence-corrected chi connectivity index (χ4v) is 2.95. The highest BCUT2D eigenvalue weighted by Gasteiger charge is 2.35. The van der Waals surface area contributed by atoms with Crippen molar-refractivity contribution in [3.8, 4) is 0 Å². The molecule has 24 heavy (non-hydrogen) atoms. The summed E-state index contributed by atoms with van der Waals surface area (Å²) in [6, 6.07) is 1.80. The van der Waals surface area contributed by atoms with E-state index < -0.39 is 7.12 Å². The highest BCUT2D eigenvalue weighted by molar-refractivity contribution is 6.62. The van der Waals surface area contributed by atoms with Crippen molar-refractivity contribution in [3.63, 3.8) is 0 Å². The van der Waals surface area contributed by atoms with Crippen LogP contribution in [-0.4, -0.2) is 34.8 Å². The third-order valence-corrected chi connectivity index (χ3v) is 4.22. The maximum atomic E-state index is 11.4. The van der Waals surface area contributed by atoms with Crippen LogP contribution in [-0.2, 0) is 14.0 Å². The molecule has 7 nitrogen and oxygen atoms in total. The predicted molar refractivity (Wildman–Crippen MR) is 87.6 cm³/mol. The number of pyridine rings is 1. The molecule has 1 atom stereocenters. The molecular formula is C16H16BN3O4. The number of aromatic nitrogens is 3. The molecule has 2 saturated heterocycles. The van der Waals surface area contributed by atoms with E-state index in [0.29, 0.717) is 40.3 Å². The van der Waals surface area contributed by atoms with Crippen LogP contribution in [0.4, 0.5) is 0 Å². The monoisotopic (exact) mass is 325 g/mol. The summed E-state index contributed by atoms with van der Waals surface area (Å²) in [7, 11) is -0.657. The SMILES string of the molecule is C=C1OB(c2cnc3c(c2)c(C=O)nn3C2CCCCO2)OC1=C. The average Bonchev–Trinajstić information content (AvgIpc) is 3.15. The lowest BCUT2D eigenvalue weighted by molar-refractivity contribution is -0.0370. The lowest BCUT2D eigenvalue weighted by atomic mass is 9.80. The summed E-state index contributed by atoms with van der Waals surface area (Å²) in [6.07, 6.45) is 5.14. The van der Waals surface area contributed by atoms with Gasteiger partial charge in [0.05, 0.1) is 0 Å². The second-order valence-corrected chi connectivity index (χ2v) is 5.82. The van der Waals surface area contributed by atoms with E-state index in [-0.39, 0.29) is 6.23 Å². The van der Waals surface area contributed by atoms with Crippen LogP contribution in [0, 0.1) is 0 Å². The first-order valence-corrected chi connectivity index (χ1v) is 7.84. The summed E-state index contributed by atoms with van der Waals surface area (Å²) >= 11 is 0. The van der Waals surface area contributed by atoms with Crippen molar-refractivity contribution in [1.29, 1.82) is 0 Å². The van der Waals surface area contributed by atoms with Crippen LogP contribution in [0.1, 0.15) is 36.0 Å². The molecule has 4 rings (SSSR count). The van der Waals surface area contributed by atoms with Gasteiger partial charge in [-0.2, -0.15) is 5.10 Å². The Morgan fingerprint density at radius 3 is 2.75 bits per heavy atom. The molecule has 2 fully saturated rings. The number of ether oxygens (including phenoxy) is 1. The van der Waals surface area contributed by atoms with Gasteiger partial charge in [0.1, 0.15) is 17.2 Å². The van der Waals surface area contributed by atoms with Crippen molar-refractivity contribution in [2.24, 2.45) is 0 Å². The van der Waals surface area contributed by atoms with Gasteiger partial charge in [0.25, 0.3) is 0 Å². The molecule has 0 aliphatic carbocycles. The van der Waals surface area contributed by atoms with Gasteiger partial charge in [-0.1, -0.05) is 13.2 Å². The van der Waals surface area contributed by atoms with E-state index in [9.17, 15) is 4.79 Å². The molecule has 0 bridgehead atoms. The van der Waals surface area contributed by atoms with Crippen LogP contribution in [0.2, 0.25) is 0 Å². The Morgan fingerprint density at radius 2 is 2.08 bits per heavy atom. The van der Waals surface area contributed by atoms with Crippen LogP contribution in [0.15, 0.2) is 36.9 Å². The van der Waals surface area contributed by atoms with Crippen molar-refractivity contribution in [2.75, 3.05) is 6.61 Å². The lowest BCUT2D eigenvalue weighted by Gasteiger charge is -2.22. The Kier molecular flexibility index (Phi) is 3.61. The number of hydrogen-bond donors (Lipinski definition) is 0. The van der Waals surface area contributed by atoms with Crippen molar-refractivity contribution >= 4 is 29.9 Å². The van der Waals surface area contributed by atoms with Gasteiger partial charge >= 0.3 is 7.12 Å². The molecule has 8 heteroatoms. The Labute approximate surface area is 139 Å². The molecule has 2 aliphatic heterocycles. The second kappa shape index (κ2) is 5.79. The number of carbonyl (C=O) groups is 1. The predicted octanol–water partition coefficient (Wildman–Crippen LogP) is 1.71. The number of hydrogen-bond acceptors (Lipinski definition) is 6. The lowest BCUT2D eigenvalue weighted by Crippen LogP contribution is -2.31. The first kappa shape index (κ1) is 15.0. The minimum Gasteiger partial charge on any atom is -0.520 e. The molecule has 0 saturated carbocycles. The molecule has 2 aromatic rings. The average molecular weight is 325 g/mol. The maximum Gasteiger partial charge on any atom is 0.634 e. The van der Waals surface area contributed by atoms with Gasteiger partial charge in [0.2, 0.25) is 0 Å². The van der Waals surface area contributed by atoms with Crippen molar-refractivity contribution in [2.45, 2.75) is 25.5 Å². The molecular weight excluding hydrogens is 309 g/mol. The van der Waals surface area contributed by atoms with E-state index in [1.54, 1.807) is 16.9 Å². The summed E-state index contributed by atoms with van der Waals surface area (Å²) in [5.41, 5.74) is 1.61. The quantitative estimate of drug-likeness (QED) is 0.632. The first-order chi connectivity index (χ1) is 11.7. The van der Waals surface area contributed by atoms with E-state index in [0.717, 1.165) is 25.5 Å². The zero-order valence-electron chi connectivity index (χ0n) is 13.1. The smallest absolute Gasteiger partial charge is 0.520 e. The zero-order valence-corrected chi connectivity index (χ0v) is 13.1. The molecule has 122 valence electrons. The van der Waals surface area contributed by atoms with E-state index >= 15 is 0 Å². The molecule has 2 aliphatic rings. The Bertz CT molecular complexity index is 825. The van der Waals surface area contributed by atoms with E-state index in [2.05, 4.69) is 23.2 Å². The third kappa shape index (κ3) is 2.39. The van der Waals surface area contributed by atoms with Crippen molar-refractivity contribution in [3.05, 3.63) is 42.6 Å². The summed E-state index contributed by atoms with van der Waals surface area (Å²) in [6.45, 7) is 8.12. The van der Waals surface area contributed by atoms with Gasteiger partial charge in [-0.3, -0.25) is 4.79 Å². The highest BCUT2D eigenvalue weighted by atomic mass is 16.6. The molecule has 0 aromatic carbocycles. The molecule has 2 aromatic heterocycles. The van der Waals surface area contributed by atoms with Crippen LogP contribution >= 0.6 is 0 Å². The summed E-state index contributed by atoms with van der Waals surface area (Å²) in [5.74, 6) is 0.781. The standard InChI is InChI=1S/C16H16BN3O4/c1-10-11(2)24-17(23-10)12-7-13-14(9-21)19-20(16(13)18-8-12)15-5-3-4-6-22-15/h7-9,15H,1-6H2. The van der Waals surface area contributed by atoms with Gasteiger partial charge in [-0.05, 0) is 25.3 Å². The van der Waals surface area contributed by atoms with Gasteiger partial charge < -0.3 is 14.0 Å². The van der Waals surface area contributed by atoms with Gasteiger partial charge in [0.15, 0.2) is 18.2 Å². The fourth-order valence-electron chi connectivity index (χ4n) is 2.95. The van der Waals surface area contributed by atoms with Crippen LogP contribution in [0.3, 0.4) is 0 Å². The number of carbonyl (C=O) groups excluding carboxylic acids is 1. The Hall–Kier alpha value is -2.61. The van der Waals surface area contributed by atoms with Gasteiger partial charge in [-0.15, -0.1) is 0 Å². The minimum absolute atomic E-state index is 0.188. The van der Waals surface area contributed by atoms with Crippen molar-refractivity contribution in [1.82, 2.24) is 14.8 Å². The second-order valence-electron chi connectivity index (χ2n) is 5.82. The molecule has 0 amide bonds. The molecule has 1 unspecified atom stereocenters. The fraction of sp³-hybridized carbons (Fsp3) is 0.312. The topological polar surface area (TPSA) is 75.5 Å². The third-order valence-electron chi connectivity index (χ3n) is 4.22. The van der Waals surface area contributed by atoms with E-state index in [1.165, 1.54) is 0 Å². The first-order valence-electron chi connectivity index (χ1n) is 7.84. The maximum absolute atomic E-state index is 11.4. The van der Waals surface area contributed by atoms with Crippen LogP contribution in [0.25, 0.3) is 11.0 Å². The van der Waals surface area contributed by atoms with Gasteiger partial charge in [0, 0.05) is 23.7 Å².